The lowest BCUT2D eigenvalue weighted by atomic mass is 10.1. The van der Waals surface area contributed by atoms with Gasteiger partial charge in [-0.2, -0.15) is 5.26 Å². The third-order valence-electron chi connectivity index (χ3n) is 3.27. The number of rotatable bonds is 6. The van der Waals surface area contributed by atoms with E-state index < -0.39 is 0 Å². The molecule has 0 spiro atoms. The first-order valence-corrected chi connectivity index (χ1v) is 7.14. The van der Waals surface area contributed by atoms with Crippen molar-refractivity contribution in [3.63, 3.8) is 0 Å². The van der Waals surface area contributed by atoms with Crippen LogP contribution in [0.5, 0.6) is 5.75 Å². The fourth-order valence-electron chi connectivity index (χ4n) is 2.04. The number of nitrogens with zero attached hydrogens (tertiary/aromatic N) is 1. The number of benzene rings is 2. The average Bonchev–Trinajstić information content (AvgIpc) is 2.52. The Labute approximate surface area is 126 Å². The Hall–Kier alpha value is -2.31. The van der Waals surface area contributed by atoms with E-state index in [0.29, 0.717) is 12.2 Å². The Bertz CT molecular complexity index is 612. The molecule has 1 unspecified atom stereocenters. The summed E-state index contributed by atoms with van der Waals surface area (Å²) in [5.74, 6) is 0.835. The summed E-state index contributed by atoms with van der Waals surface area (Å²) >= 11 is 0. The van der Waals surface area contributed by atoms with Gasteiger partial charge in [0, 0.05) is 6.04 Å². The van der Waals surface area contributed by atoms with Crippen LogP contribution >= 0.6 is 0 Å². The lowest BCUT2D eigenvalue weighted by Crippen LogP contribution is -2.15. The minimum absolute atomic E-state index is 0.230. The van der Waals surface area contributed by atoms with E-state index in [1.54, 1.807) is 6.07 Å². The molecule has 0 aliphatic heterocycles. The second-order valence-electron chi connectivity index (χ2n) is 5.26. The Balaban J connectivity index is 1.90. The van der Waals surface area contributed by atoms with Crippen molar-refractivity contribution in [2.75, 3.05) is 0 Å². The molecule has 1 atom stereocenters. The van der Waals surface area contributed by atoms with Crippen LogP contribution in [0.3, 0.4) is 0 Å². The summed E-state index contributed by atoms with van der Waals surface area (Å²) in [6.07, 6.45) is 1.98. The topological polar surface area (TPSA) is 59.0 Å². The Kier molecular flexibility index (Phi) is 5.36. The molecule has 2 aromatic carbocycles. The molecule has 2 rings (SSSR count). The molecule has 0 bridgehead atoms. The summed E-state index contributed by atoms with van der Waals surface area (Å²) in [6.45, 7) is 2.49. The largest absolute Gasteiger partial charge is 0.489 e. The monoisotopic (exact) mass is 280 g/mol. The molecule has 3 nitrogen and oxygen atoms in total. The highest BCUT2D eigenvalue weighted by Crippen LogP contribution is 2.16. The van der Waals surface area contributed by atoms with Crippen molar-refractivity contribution in [1.29, 1.82) is 5.26 Å². The molecule has 3 heteroatoms. The van der Waals surface area contributed by atoms with Crippen LogP contribution in [0, 0.1) is 11.3 Å². The maximum atomic E-state index is 8.87. The van der Waals surface area contributed by atoms with Crippen LogP contribution in [-0.4, -0.2) is 6.04 Å². The van der Waals surface area contributed by atoms with E-state index in [0.717, 1.165) is 24.2 Å². The lowest BCUT2D eigenvalue weighted by molar-refractivity contribution is 0.306. The van der Waals surface area contributed by atoms with Crippen molar-refractivity contribution in [2.24, 2.45) is 5.73 Å². The minimum atomic E-state index is 0.230. The van der Waals surface area contributed by atoms with Crippen molar-refractivity contribution in [3.8, 4) is 11.8 Å². The predicted molar refractivity (Wildman–Crippen MR) is 83.9 cm³/mol. The maximum absolute atomic E-state index is 8.87. The van der Waals surface area contributed by atoms with E-state index in [9.17, 15) is 0 Å². The van der Waals surface area contributed by atoms with Crippen LogP contribution < -0.4 is 10.5 Å². The first kappa shape index (κ1) is 15.1. The van der Waals surface area contributed by atoms with Crippen molar-refractivity contribution in [3.05, 3.63) is 65.2 Å². The van der Waals surface area contributed by atoms with Crippen molar-refractivity contribution >= 4 is 0 Å². The zero-order chi connectivity index (χ0) is 15.1. The summed E-state index contributed by atoms with van der Waals surface area (Å²) in [5.41, 5.74) is 8.68. The van der Waals surface area contributed by atoms with Crippen molar-refractivity contribution < 1.29 is 4.74 Å². The van der Waals surface area contributed by atoms with Crippen molar-refractivity contribution in [1.82, 2.24) is 0 Å². The van der Waals surface area contributed by atoms with Gasteiger partial charge in [-0.05, 0) is 55.2 Å². The maximum Gasteiger partial charge on any atom is 0.119 e. The molecule has 0 saturated heterocycles. The van der Waals surface area contributed by atoms with E-state index in [2.05, 4.69) is 18.2 Å². The summed E-state index contributed by atoms with van der Waals surface area (Å²) in [6, 6.07) is 17.9. The van der Waals surface area contributed by atoms with E-state index >= 15 is 0 Å². The van der Waals surface area contributed by atoms with Crippen molar-refractivity contribution in [2.45, 2.75) is 32.4 Å². The van der Waals surface area contributed by atoms with Crippen LogP contribution in [0.2, 0.25) is 0 Å². The summed E-state index contributed by atoms with van der Waals surface area (Å²) in [5, 5.41) is 8.87. The highest BCUT2D eigenvalue weighted by Gasteiger charge is 2.00. The normalized spacial score (nSPS) is 11.7. The SMILES string of the molecule is CC(N)CCc1ccc(OCc2cccc(C#N)c2)cc1. The molecule has 108 valence electrons. The highest BCUT2D eigenvalue weighted by atomic mass is 16.5. The van der Waals surface area contributed by atoms with Gasteiger partial charge in [0.2, 0.25) is 0 Å². The summed E-state index contributed by atoms with van der Waals surface area (Å²) in [4.78, 5) is 0. The fraction of sp³-hybridized carbons (Fsp3) is 0.278. The van der Waals surface area contributed by atoms with E-state index in [1.165, 1.54) is 5.56 Å². The molecule has 0 aliphatic rings. The van der Waals surface area contributed by atoms with E-state index in [-0.39, 0.29) is 6.04 Å². The predicted octanol–water partition coefficient (Wildman–Crippen LogP) is 3.42. The molecule has 0 radical (unpaired) electrons. The minimum Gasteiger partial charge on any atom is -0.489 e. The van der Waals surface area contributed by atoms with Crippen LogP contribution in [-0.2, 0) is 13.0 Å². The zero-order valence-electron chi connectivity index (χ0n) is 12.3. The van der Waals surface area contributed by atoms with Gasteiger partial charge in [0.25, 0.3) is 0 Å². The molecule has 0 aliphatic carbocycles. The molecule has 2 aromatic rings. The van der Waals surface area contributed by atoms with Crippen LogP contribution in [0.25, 0.3) is 0 Å². The third-order valence-corrected chi connectivity index (χ3v) is 3.27. The van der Waals surface area contributed by atoms with Gasteiger partial charge in [0.1, 0.15) is 12.4 Å². The highest BCUT2D eigenvalue weighted by molar-refractivity contribution is 5.33. The van der Waals surface area contributed by atoms with E-state index in [4.69, 9.17) is 15.7 Å². The number of nitriles is 1. The first-order chi connectivity index (χ1) is 10.2. The average molecular weight is 280 g/mol. The molecule has 2 N–H and O–H groups in total. The Morgan fingerprint density at radius 3 is 2.57 bits per heavy atom. The Morgan fingerprint density at radius 2 is 1.90 bits per heavy atom. The molecule has 0 heterocycles. The van der Waals surface area contributed by atoms with Gasteiger partial charge >= 0.3 is 0 Å². The van der Waals surface area contributed by atoms with Crippen LogP contribution in [0.15, 0.2) is 48.5 Å². The van der Waals surface area contributed by atoms with Gasteiger partial charge in [-0.1, -0.05) is 24.3 Å². The first-order valence-electron chi connectivity index (χ1n) is 7.14. The lowest BCUT2D eigenvalue weighted by Gasteiger charge is -2.08. The third kappa shape index (κ3) is 4.94. The molecule has 0 amide bonds. The fourth-order valence-corrected chi connectivity index (χ4v) is 2.04. The second-order valence-corrected chi connectivity index (χ2v) is 5.26. The molecule has 0 saturated carbocycles. The second kappa shape index (κ2) is 7.47. The number of nitrogens with two attached hydrogens (primary N) is 1. The number of hydrogen-bond acceptors (Lipinski definition) is 3. The van der Waals surface area contributed by atoms with Crippen LogP contribution in [0.4, 0.5) is 0 Å². The smallest absolute Gasteiger partial charge is 0.119 e. The number of aryl methyl sites for hydroxylation is 1. The molecular weight excluding hydrogens is 260 g/mol. The van der Waals surface area contributed by atoms with Gasteiger partial charge in [-0.15, -0.1) is 0 Å². The van der Waals surface area contributed by atoms with Gasteiger partial charge in [-0.25, -0.2) is 0 Å². The summed E-state index contributed by atoms with van der Waals surface area (Å²) in [7, 11) is 0. The number of hydrogen-bond donors (Lipinski definition) is 1. The Morgan fingerprint density at radius 1 is 1.14 bits per heavy atom. The molecule has 0 fully saturated rings. The quantitative estimate of drug-likeness (QED) is 0.882. The van der Waals surface area contributed by atoms with E-state index in [1.807, 2.05) is 37.3 Å². The molecular formula is C18H20N2O. The number of ether oxygens (including phenoxy) is 1. The summed E-state index contributed by atoms with van der Waals surface area (Å²) < 4.78 is 5.74. The van der Waals surface area contributed by atoms with Gasteiger partial charge in [-0.3, -0.25) is 0 Å². The molecule has 0 aromatic heterocycles. The molecule has 21 heavy (non-hydrogen) atoms. The van der Waals surface area contributed by atoms with Gasteiger partial charge in [0.05, 0.1) is 11.6 Å². The van der Waals surface area contributed by atoms with Gasteiger partial charge < -0.3 is 10.5 Å². The van der Waals surface area contributed by atoms with Gasteiger partial charge in [0.15, 0.2) is 0 Å². The standard InChI is InChI=1S/C18H20N2O/c1-14(20)5-6-15-7-9-18(10-8-15)21-13-17-4-2-3-16(11-17)12-19/h2-4,7-11,14H,5-6,13,20H2,1H3. The zero-order valence-corrected chi connectivity index (χ0v) is 12.3. The van der Waals surface area contributed by atoms with Crippen LogP contribution in [0.1, 0.15) is 30.0 Å².